The summed E-state index contributed by atoms with van der Waals surface area (Å²) in [4.78, 5) is 5.74. The molecule has 0 spiro atoms. The van der Waals surface area contributed by atoms with Gasteiger partial charge in [0.1, 0.15) is 0 Å². The van der Waals surface area contributed by atoms with Gasteiger partial charge in [-0.2, -0.15) is 4.52 Å². The first-order chi connectivity index (χ1) is 8.36. The van der Waals surface area contributed by atoms with Crippen LogP contribution in [0.15, 0.2) is 35.7 Å². The summed E-state index contributed by atoms with van der Waals surface area (Å²) in [5.41, 5.74) is 0.816. The second kappa shape index (κ2) is 4.18. The fourth-order valence-electron chi connectivity index (χ4n) is 1.72. The van der Waals surface area contributed by atoms with E-state index in [9.17, 15) is 0 Å². The third-order valence-electron chi connectivity index (χ3n) is 2.49. The van der Waals surface area contributed by atoms with Gasteiger partial charge < -0.3 is 4.74 Å². The Morgan fingerprint density at radius 3 is 3.00 bits per heavy atom. The number of nitrogens with zero attached hydrogens (tertiary/aromatic N) is 3. The van der Waals surface area contributed by atoms with Gasteiger partial charge >= 0.3 is 0 Å². The minimum atomic E-state index is 0.701. The van der Waals surface area contributed by atoms with Gasteiger partial charge in [0.25, 0.3) is 0 Å². The minimum Gasteiger partial charge on any atom is -0.481 e. The first kappa shape index (κ1) is 10.3. The van der Waals surface area contributed by atoms with E-state index in [0.29, 0.717) is 5.88 Å². The van der Waals surface area contributed by atoms with Gasteiger partial charge in [-0.05, 0) is 17.5 Å². The van der Waals surface area contributed by atoms with E-state index in [1.807, 2.05) is 24.3 Å². The molecule has 86 valence electrons. The van der Waals surface area contributed by atoms with Gasteiger partial charge in [0.15, 0.2) is 11.5 Å². The van der Waals surface area contributed by atoms with Crippen molar-refractivity contribution in [3.63, 3.8) is 0 Å². The summed E-state index contributed by atoms with van der Waals surface area (Å²) < 4.78 is 6.96. The number of thiophene rings is 1. The molecule has 0 aromatic carbocycles. The average Bonchev–Trinajstić information content (AvgIpc) is 2.97. The van der Waals surface area contributed by atoms with E-state index in [-0.39, 0.29) is 0 Å². The molecule has 0 radical (unpaired) electrons. The van der Waals surface area contributed by atoms with E-state index in [1.54, 1.807) is 23.0 Å². The molecule has 0 atom stereocenters. The standard InChI is InChI=1S/C12H11N3OS/c1-16-12-6-2-5-11-13-10(14-15(11)12)8-9-4-3-7-17-9/h2-7H,8H2,1H3. The molecule has 3 rings (SSSR count). The first-order valence-corrected chi connectivity index (χ1v) is 6.16. The molecule has 0 fully saturated rings. The summed E-state index contributed by atoms with van der Waals surface area (Å²) in [7, 11) is 1.63. The number of aromatic nitrogens is 3. The van der Waals surface area contributed by atoms with Gasteiger partial charge in [-0.15, -0.1) is 16.4 Å². The van der Waals surface area contributed by atoms with E-state index in [4.69, 9.17) is 4.74 Å². The molecule has 5 heteroatoms. The Morgan fingerprint density at radius 2 is 2.24 bits per heavy atom. The van der Waals surface area contributed by atoms with Crippen molar-refractivity contribution < 1.29 is 4.74 Å². The molecule has 17 heavy (non-hydrogen) atoms. The molecule has 0 aliphatic rings. The number of ether oxygens (including phenoxy) is 1. The minimum absolute atomic E-state index is 0.701. The number of fused-ring (bicyclic) bond motifs is 1. The summed E-state index contributed by atoms with van der Waals surface area (Å²) in [6.45, 7) is 0. The van der Waals surface area contributed by atoms with Crippen LogP contribution in [-0.2, 0) is 6.42 Å². The van der Waals surface area contributed by atoms with Gasteiger partial charge in [-0.1, -0.05) is 12.1 Å². The molecule has 4 nitrogen and oxygen atoms in total. The summed E-state index contributed by atoms with van der Waals surface area (Å²) >= 11 is 1.72. The van der Waals surface area contributed by atoms with Crippen LogP contribution in [0.2, 0.25) is 0 Å². The summed E-state index contributed by atoms with van der Waals surface area (Å²) in [6.07, 6.45) is 0.766. The van der Waals surface area contributed by atoms with Gasteiger partial charge in [-0.25, -0.2) is 4.98 Å². The molecular formula is C12H11N3OS. The lowest BCUT2D eigenvalue weighted by atomic mass is 10.3. The van der Waals surface area contributed by atoms with Gasteiger partial charge in [0, 0.05) is 17.4 Å². The average molecular weight is 245 g/mol. The Balaban J connectivity index is 2.02. The molecule has 0 saturated carbocycles. The van der Waals surface area contributed by atoms with Crippen LogP contribution in [0.1, 0.15) is 10.7 Å². The first-order valence-electron chi connectivity index (χ1n) is 5.28. The Kier molecular flexibility index (Phi) is 2.53. The molecular weight excluding hydrogens is 234 g/mol. The van der Waals surface area contributed by atoms with Crippen LogP contribution in [0, 0.1) is 0 Å². The highest BCUT2D eigenvalue weighted by Crippen LogP contribution is 2.16. The lowest BCUT2D eigenvalue weighted by Crippen LogP contribution is -1.95. The normalized spacial score (nSPS) is 10.9. The summed E-state index contributed by atoms with van der Waals surface area (Å²) in [5, 5.41) is 6.51. The van der Waals surface area contributed by atoms with Crippen molar-refractivity contribution in [2.75, 3.05) is 7.11 Å². The number of pyridine rings is 1. The van der Waals surface area contributed by atoms with Crippen LogP contribution in [0.5, 0.6) is 5.88 Å². The maximum atomic E-state index is 5.24. The van der Waals surface area contributed by atoms with Crippen LogP contribution in [-0.4, -0.2) is 21.7 Å². The molecule has 0 aliphatic carbocycles. The van der Waals surface area contributed by atoms with Crippen molar-refractivity contribution >= 4 is 17.0 Å². The third kappa shape index (κ3) is 1.89. The number of hydrogen-bond acceptors (Lipinski definition) is 4. The number of rotatable bonds is 3. The number of hydrogen-bond donors (Lipinski definition) is 0. The van der Waals surface area contributed by atoms with Crippen molar-refractivity contribution in [3.8, 4) is 5.88 Å². The number of methoxy groups -OCH3 is 1. The second-order valence-corrected chi connectivity index (χ2v) is 4.65. The van der Waals surface area contributed by atoms with Crippen LogP contribution in [0.4, 0.5) is 0 Å². The highest BCUT2D eigenvalue weighted by atomic mass is 32.1. The Labute approximate surface area is 102 Å². The fraction of sp³-hybridized carbons (Fsp3) is 0.167. The molecule has 3 heterocycles. The fourth-order valence-corrected chi connectivity index (χ4v) is 2.43. The van der Waals surface area contributed by atoms with E-state index < -0.39 is 0 Å². The van der Waals surface area contributed by atoms with Gasteiger partial charge in [-0.3, -0.25) is 0 Å². The molecule has 0 aliphatic heterocycles. The third-order valence-corrected chi connectivity index (χ3v) is 3.37. The Morgan fingerprint density at radius 1 is 1.29 bits per heavy atom. The topological polar surface area (TPSA) is 39.4 Å². The van der Waals surface area contributed by atoms with E-state index in [2.05, 4.69) is 21.5 Å². The lowest BCUT2D eigenvalue weighted by Gasteiger charge is -1.99. The monoisotopic (exact) mass is 245 g/mol. The molecule has 0 unspecified atom stereocenters. The lowest BCUT2D eigenvalue weighted by molar-refractivity contribution is 0.385. The van der Waals surface area contributed by atoms with E-state index >= 15 is 0 Å². The zero-order valence-corrected chi connectivity index (χ0v) is 10.1. The Bertz CT molecular complexity index is 630. The van der Waals surface area contributed by atoms with Crippen molar-refractivity contribution in [3.05, 3.63) is 46.4 Å². The van der Waals surface area contributed by atoms with Crippen molar-refractivity contribution in [1.29, 1.82) is 0 Å². The zero-order chi connectivity index (χ0) is 11.7. The maximum Gasteiger partial charge on any atom is 0.216 e. The quantitative estimate of drug-likeness (QED) is 0.711. The highest BCUT2D eigenvalue weighted by Gasteiger charge is 2.08. The summed E-state index contributed by atoms with van der Waals surface area (Å²) in [6, 6.07) is 9.84. The molecule has 0 saturated heterocycles. The molecule has 0 amide bonds. The van der Waals surface area contributed by atoms with Crippen LogP contribution < -0.4 is 4.74 Å². The SMILES string of the molecule is COc1cccc2nc(Cc3cccs3)nn12. The van der Waals surface area contributed by atoms with Crippen LogP contribution in [0.25, 0.3) is 5.65 Å². The van der Waals surface area contributed by atoms with Crippen molar-refractivity contribution in [2.45, 2.75) is 6.42 Å². The summed E-state index contributed by atoms with van der Waals surface area (Å²) in [5.74, 6) is 1.52. The van der Waals surface area contributed by atoms with E-state index in [0.717, 1.165) is 17.9 Å². The van der Waals surface area contributed by atoms with Gasteiger partial charge in [0.05, 0.1) is 7.11 Å². The van der Waals surface area contributed by atoms with Crippen molar-refractivity contribution in [1.82, 2.24) is 14.6 Å². The largest absolute Gasteiger partial charge is 0.481 e. The smallest absolute Gasteiger partial charge is 0.216 e. The highest BCUT2D eigenvalue weighted by molar-refractivity contribution is 7.09. The molecule has 3 aromatic rings. The maximum absolute atomic E-state index is 5.24. The zero-order valence-electron chi connectivity index (χ0n) is 9.33. The molecule has 0 N–H and O–H groups in total. The van der Waals surface area contributed by atoms with E-state index in [1.165, 1.54) is 4.88 Å². The van der Waals surface area contributed by atoms with Crippen LogP contribution in [0.3, 0.4) is 0 Å². The molecule has 3 aromatic heterocycles. The predicted octanol–water partition coefficient (Wildman–Crippen LogP) is 2.39. The Hall–Kier alpha value is -1.88. The second-order valence-electron chi connectivity index (χ2n) is 3.62. The van der Waals surface area contributed by atoms with Gasteiger partial charge in [0.2, 0.25) is 5.88 Å². The predicted molar refractivity (Wildman–Crippen MR) is 66.7 cm³/mol. The van der Waals surface area contributed by atoms with Crippen molar-refractivity contribution in [2.24, 2.45) is 0 Å². The molecule has 0 bridgehead atoms. The van der Waals surface area contributed by atoms with Crippen LogP contribution >= 0.6 is 11.3 Å².